The molecule has 2 heterocycles. The Kier molecular flexibility index (Phi) is 8.15. The van der Waals surface area contributed by atoms with Gasteiger partial charge in [-0.05, 0) is 31.4 Å². The van der Waals surface area contributed by atoms with E-state index in [-0.39, 0.29) is 5.97 Å². The smallest absolute Gasteiger partial charge is 0.305 e. The number of ether oxygens (including phenoxy) is 4. The zero-order chi connectivity index (χ0) is 20.6. The van der Waals surface area contributed by atoms with Crippen LogP contribution in [0.15, 0.2) is 18.2 Å². The van der Waals surface area contributed by atoms with Crippen molar-refractivity contribution < 1.29 is 23.7 Å². The fourth-order valence-electron chi connectivity index (χ4n) is 4.54. The first-order valence-corrected chi connectivity index (χ1v) is 10.5. The number of piperidine rings is 1. The van der Waals surface area contributed by atoms with Gasteiger partial charge in [0, 0.05) is 50.3 Å². The van der Waals surface area contributed by atoms with Gasteiger partial charge < -0.3 is 18.9 Å². The number of carbonyl (C=O) groups is 1. The molecule has 0 unspecified atom stereocenters. The van der Waals surface area contributed by atoms with Crippen LogP contribution in [0.4, 0.5) is 0 Å². The van der Waals surface area contributed by atoms with Crippen LogP contribution >= 0.6 is 0 Å². The highest BCUT2D eigenvalue weighted by Gasteiger charge is 2.34. The topological polar surface area (TPSA) is 60.5 Å². The lowest BCUT2D eigenvalue weighted by Gasteiger charge is -2.45. The highest BCUT2D eigenvalue weighted by Crippen LogP contribution is 2.31. The van der Waals surface area contributed by atoms with E-state index in [0.29, 0.717) is 18.4 Å². The molecular formula is C22H34N2O5. The Morgan fingerprint density at radius 1 is 1.14 bits per heavy atom. The number of carbonyl (C=O) groups excluding carboxylic acids is 1. The third kappa shape index (κ3) is 5.84. The van der Waals surface area contributed by atoms with Crippen LogP contribution in [-0.4, -0.2) is 82.5 Å². The molecule has 0 bridgehead atoms. The van der Waals surface area contributed by atoms with E-state index < -0.39 is 0 Å². The van der Waals surface area contributed by atoms with E-state index in [1.807, 2.05) is 12.1 Å². The molecule has 2 atom stereocenters. The highest BCUT2D eigenvalue weighted by atomic mass is 16.5. The Labute approximate surface area is 173 Å². The summed E-state index contributed by atoms with van der Waals surface area (Å²) < 4.78 is 21.3. The molecule has 1 aromatic rings. The van der Waals surface area contributed by atoms with E-state index in [2.05, 4.69) is 15.9 Å². The monoisotopic (exact) mass is 406 g/mol. The number of rotatable bonds is 8. The second-order valence-electron chi connectivity index (χ2n) is 7.79. The molecule has 0 spiro atoms. The van der Waals surface area contributed by atoms with Crippen LogP contribution in [0.25, 0.3) is 0 Å². The maximum Gasteiger partial charge on any atom is 0.305 e. The third-order valence-electron chi connectivity index (χ3n) is 6.13. The molecule has 7 nitrogen and oxygen atoms in total. The number of nitrogens with zero attached hydrogens (tertiary/aromatic N) is 2. The van der Waals surface area contributed by atoms with Crippen molar-refractivity contribution in [2.24, 2.45) is 5.92 Å². The normalized spacial score (nSPS) is 23.6. The summed E-state index contributed by atoms with van der Waals surface area (Å²) in [6.07, 6.45) is 2.43. The first-order valence-electron chi connectivity index (χ1n) is 10.5. The predicted molar refractivity (Wildman–Crippen MR) is 110 cm³/mol. The standard InChI is InChI=1S/C22H34N2O5/c1-26-19-6-4-18(21(14-19)27-2)16-23-9-8-20(24-10-12-29-13-11-24)17(15-23)5-7-22(25)28-3/h4,6,14,17,20H,5,7-13,15-16H2,1-3H3/t17-,20+/m1/s1. The molecule has 2 aliphatic rings. The van der Waals surface area contributed by atoms with Crippen LogP contribution in [-0.2, 0) is 20.8 Å². The van der Waals surface area contributed by atoms with Crippen LogP contribution in [0.2, 0.25) is 0 Å². The first kappa shape index (κ1) is 21.9. The van der Waals surface area contributed by atoms with Gasteiger partial charge in [0.15, 0.2) is 0 Å². The minimum absolute atomic E-state index is 0.125. The summed E-state index contributed by atoms with van der Waals surface area (Å²) in [5.41, 5.74) is 1.16. The van der Waals surface area contributed by atoms with Crippen LogP contribution in [0.5, 0.6) is 11.5 Å². The second kappa shape index (κ2) is 10.8. The van der Waals surface area contributed by atoms with E-state index in [9.17, 15) is 4.79 Å². The van der Waals surface area contributed by atoms with E-state index in [1.165, 1.54) is 7.11 Å². The summed E-state index contributed by atoms with van der Waals surface area (Å²) in [5, 5.41) is 0. The van der Waals surface area contributed by atoms with E-state index in [1.54, 1.807) is 14.2 Å². The van der Waals surface area contributed by atoms with Crippen LogP contribution in [0.3, 0.4) is 0 Å². The fraction of sp³-hybridized carbons (Fsp3) is 0.682. The van der Waals surface area contributed by atoms with Gasteiger partial charge >= 0.3 is 5.97 Å². The third-order valence-corrected chi connectivity index (χ3v) is 6.13. The molecule has 2 fully saturated rings. The van der Waals surface area contributed by atoms with Crippen LogP contribution < -0.4 is 9.47 Å². The quantitative estimate of drug-likeness (QED) is 0.613. The van der Waals surface area contributed by atoms with Gasteiger partial charge in [0.1, 0.15) is 11.5 Å². The van der Waals surface area contributed by atoms with Gasteiger partial charge in [0.2, 0.25) is 0 Å². The average Bonchev–Trinajstić information content (AvgIpc) is 2.78. The summed E-state index contributed by atoms with van der Waals surface area (Å²) in [4.78, 5) is 16.8. The van der Waals surface area contributed by atoms with Crippen molar-refractivity contribution in [1.82, 2.24) is 9.80 Å². The molecule has 0 aliphatic carbocycles. The maximum atomic E-state index is 11.8. The Bertz CT molecular complexity index is 663. The van der Waals surface area contributed by atoms with Gasteiger partial charge in [0.25, 0.3) is 0 Å². The van der Waals surface area contributed by atoms with Gasteiger partial charge in [-0.3, -0.25) is 14.6 Å². The highest BCUT2D eigenvalue weighted by molar-refractivity contribution is 5.69. The lowest BCUT2D eigenvalue weighted by Crippen LogP contribution is -2.53. The average molecular weight is 407 g/mol. The maximum absolute atomic E-state index is 11.8. The van der Waals surface area contributed by atoms with Crippen molar-refractivity contribution in [3.8, 4) is 11.5 Å². The van der Waals surface area contributed by atoms with Gasteiger partial charge in [-0.1, -0.05) is 6.07 Å². The van der Waals surface area contributed by atoms with Gasteiger partial charge in [-0.25, -0.2) is 0 Å². The number of benzene rings is 1. The van der Waals surface area contributed by atoms with Gasteiger partial charge in [-0.2, -0.15) is 0 Å². The summed E-state index contributed by atoms with van der Waals surface area (Å²) in [7, 11) is 4.82. The van der Waals surface area contributed by atoms with Crippen LogP contribution in [0.1, 0.15) is 24.8 Å². The fourth-order valence-corrected chi connectivity index (χ4v) is 4.54. The Balaban J connectivity index is 1.67. The SMILES string of the molecule is COC(=O)CC[C@@H]1CN(Cc2ccc(OC)cc2OC)CC[C@@H]1N1CCOCC1. The predicted octanol–water partition coefficient (Wildman–Crippen LogP) is 2.18. The van der Waals surface area contributed by atoms with E-state index in [4.69, 9.17) is 18.9 Å². The molecular weight excluding hydrogens is 372 g/mol. The first-order chi connectivity index (χ1) is 14.1. The van der Waals surface area contributed by atoms with Crippen molar-refractivity contribution in [3.05, 3.63) is 23.8 Å². The largest absolute Gasteiger partial charge is 0.497 e. The van der Waals surface area contributed by atoms with Crippen molar-refractivity contribution in [2.75, 3.05) is 60.7 Å². The summed E-state index contributed by atoms with van der Waals surface area (Å²) in [5.74, 6) is 1.96. The molecule has 7 heteroatoms. The van der Waals surface area contributed by atoms with Gasteiger partial charge in [-0.15, -0.1) is 0 Å². The number of hydrogen-bond donors (Lipinski definition) is 0. The molecule has 2 saturated heterocycles. The second-order valence-corrected chi connectivity index (χ2v) is 7.79. The van der Waals surface area contributed by atoms with Crippen LogP contribution in [0, 0.1) is 5.92 Å². The van der Waals surface area contributed by atoms with Crippen molar-refractivity contribution >= 4 is 5.97 Å². The summed E-state index contributed by atoms with van der Waals surface area (Å²) >= 11 is 0. The molecule has 162 valence electrons. The molecule has 1 aromatic carbocycles. The number of likely N-dealkylation sites (tertiary alicyclic amines) is 1. The van der Waals surface area contributed by atoms with E-state index in [0.717, 1.165) is 75.8 Å². The van der Waals surface area contributed by atoms with E-state index >= 15 is 0 Å². The molecule has 3 rings (SSSR count). The Hall–Kier alpha value is -1.83. The van der Waals surface area contributed by atoms with Crippen molar-refractivity contribution in [1.29, 1.82) is 0 Å². The Morgan fingerprint density at radius 2 is 1.93 bits per heavy atom. The molecule has 0 saturated carbocycles. The number of esters is 1. The van der Waals surface area contributed by atoms with Crippen molar-refractivity contribution in [2.45, 2.75) is 31.8 Å². The lowest BCUT2D eigenvalue weighted by molar-refractivity contribution is -0.141. The number of morpholine rings is 1. The number of methoxy groups -OCH3 is 3. The molecule has 0 N–H and O–H groups in total. The molecule has 0 radical (unpaired) electrons. The minimum atomic E-state index is -0.125. The molecule has 29 heavy (non-hydrogen) atoms. The summed E-state index contributed by atoms with van der Waals surface area (Å²) in [6, 6.07) is 6.49. The lowest BCUT2D eigenvalue weighted by atomic mass is 9.86. The zero-order valence-electron chi connectivity index (χ0n) is 17.9. The van der Waals surface area contributed by atoms with Crippen molar-refractivity contribution in [3.63, 3.8) is 0 Å². The molecule has 2 aliphatic heterocycles. The zero-order valence-corrected chi connectivity index (χ0v) is 17.9. The summed E-state index contributed by atoms with van der Waals surface area (Å²) in [6.45, 7) is 6.38. The molecule has 0 aromatic heterocycles. The van der Waals surface area contributed by atoms with Gasteiger partial charge in [0.05, 0.1) is 34.5 Å². The Morgan fingerprint density at radius 3 is 2.62 bits per heavy atom. The minimum Gasteiger partial charge on any atom is -0.497 e. The number of hydrogen-bond acceptors (Lipinski definition) is 7. The molecule has 0 amide bonds.